The molecule has 2 fully saturated rings. The number of nitrogens with two attached hydrogens (primary N) is 1. The van der Waals surface area contributed by atoms with Crippen molar-refractivity contribution in [3.8, 4) is 0 Å². The Morgan fingerprint density at radius 3 is 2.16 bits per heavy atom. The molecule has 4 nitrogen and oxygen atoms in total. The van der Waals surface area contributed by atoms with Crippen LogP contribution in [0.1, 0.15) is 77.0 Å². The van der Waals surface area contributed by atoms with Crippen LogP contribution in [0.5, 0.6) is 0 Å². The summed E-state index contributed by atoms with van der Waals surface area (Å²) in [4.78, 5) is 5.43. The van der Waals surface area contributed by atoms with Crippen molar-refractivity contribution in [1.29, 1.82) is 0 Å². The molecule has 1 aliphatic heterocycles. The Labute approximate surface area is 156 Å². The molecule has 0 spiro atoms. The molecule has 2 aliphatic rings. The molecular formula is C21H43N3O. The van der Waals surface area contributed by atoms with Gasteiger partial charge in [0.05, 0.1) is 13.2 Å². The van der Waals surface area contributed by atoms with Gasteiger partial charge in [-0.05, 0) is 58.3 Å². The number of nitrogens with zero attached hydrogens (tertiary/aromatic N) is 2. The smallest absolute Gasteiger partial charge is 0.0594 e. The Morgan fingerprint density at radius 2 is 1.44 bits per heavy atom. The Morgan fingerprint density at radius 1 is 0.800 bits per heavy atom. The molecule has 2 rings (SSSR count). The Hall–Kier alpha value is -0.160. The van der Waals surface area contributed by atoms with Crippen molar-refractivity contribution >= 4 is 0 Å². The van der Waals surface area contributed by atoms with E-state index in [1.807, 2.05) is 0 Å². The summed E-state index contributed by atoms with van der Waals surface area (Å²) in [6.45, 7) is 8.86. The highest BCUT2D eigenvalue weighted by atomic mass is 16.5. The first-order chi connectivity index (χ1) is 12.4. The molecule has 0 atom stereocenters. The molecule has 1 heterocycles. The predicted octanol–water partition coefficient (Wildman–Crippen LogP) is 3.64. The maximum atomic E-state index is 5.58. The molecule has 0 radical (unpaired) electrons. The lowest BCUT2D eigenvalue weighted by Gasteiger charge is -2.35. The second kappa shape index (κ2) is 14.0. The first-order valence-electron chi connectivity index (χ1n) is 11.1. The molecular weight excluding hydrogens is 310 g/mol. The lowest BCUT2D eigenvalue weighted by molar-refractivity contribution is 0.0348. The van der Waals surface area contributed by atoms with E-state index in [1.54, 1.807) is 0 Å². The third kappa shape index (κ3) is 9.37. The molecule has 4 heteroatoms. The summed E-state index contributed by atoms with van der Waals surface area (Å²) in [7, 11) is 0. The van der Waals surface area contributed by atoms with Crippen LogP contribution in [0.15, 0.2) is 0 Å². The molecule has 1 saturated heterocycles. The lowest BCUT2D eigenvalue weighted by Crippen LogP contribution is -2.41. The summed E-state index contributed by atoms with van der Waals surface area (Å²) in [6, 6.07) is 0.871. The minimum Gasteiger partial charge on any atom is -0.379 e. The third-order valence-corrected chi connectivity index (χ3v) is 6.01. The zero-order valence-electron chi connectivity index (χ0n) is 16.6. The second-order valence-corrected chi connectivity index (χ2v) is 8.05. The van der Waals surface area contributed by atoms with Gasteiger partial charge in [0.2, 0.25) is 0 Å². The van der Waals surface area contributed by atoms with E-state index in [0.29, 0.717) is 0 Å². The van der Waals surface area contributed by atoms with Gasteiger partial charge >= 0.3 is 0 Å². The highest BCUT2D eigenvalue weighted by Gasteiger charge is 2.20. The second-order valence-electron chi connectivity index (χ2n) is 8.05. The van der Waals surface area contributed by atoms with Gasteiger partial charge in [-0.25, -0.2) is 0 Å². The van der Waals surface area contributed by atoms with Crippen LogP contribution in [0.3, 0.4) is 0 Å². The third-order valence-electron chi connectivity index (χ3n) is 6.01. The van der Waals surface area contributed by atoms with E-state index in [2.05, 4.69) is 9.80 Å². The van der Waals surface area contributed by atoms with Crippen LogP contribution in [-0.2, 0) is 4.74 Å². The fourth-order valence-corrected chi connectivity index (χ4v) is 4.41. The SMILES string of the molecule is NCCCCCCCCN(CCCN1CCOCC1)C1CCCCC1. The molecule has 2 N–H and O–H groups in total. The molecule has 0 aromatic rings. The zero-order chi connectivity index (χ0) is 17.6. The normalized spacial score (nSPS) is 20.4. The van der Waals surface area contributed by atoms with Gasteiger partial charge in [0, 0.05) is 19.1 Å². The van der Waals surface area contributed by atoms with Gasteiger partial charge in [0.1, 0.15) is 0 Å². The standard InChI is InChI=1S/C21H43N3O/c22-13-8-3-1-2-4-9-15-24(21-11-6-5-7-12-21)16-10-14-23-17-19-25-20-18-23/h21H,1-20,22H2. The van der Waals surface area contributed by atoms with Crippen molar-refractivity contribution in [2.24, 2.45) is 5.73 Å². The first kappa shape index (κ1) is 21.1. The van der Waals surface area contributed by atoms with Crippen LogP contribution in [-0.4, -0.2) is 68.3 Å². The quantitative estimate of drug-likeness (QED) is 0.513. The number of unbranched alkanes of at least 4 members (excludes halogenated alkanes) is 5. The number of hydrogen-bond acceptors (Lipinski definition) is 4. The summed E-state index contributed by atoms with van der Waals surface area (Å²) in [5.74, 6) is 0. The van der Waals surface area contributed by atoms with E-state index in [-0.39, 0.29) is 0 Å². The van der Waals surface area contributed by atoms with Crippen LogP contribution in [0.25, 0.3) is 0 Å². The maximum Gasteiger partial charge on any atom is 0.0594 e. The summed E-state index contributed by atoms with van der Waals surface area (Å²) in [5.41, 5.74) is 5.58. The topological polar surface area (TPSA) is 41.7 Å². The molecule has 1 saturated carbocycles. The van der Waals surface area contributed by atoms with Crippen molar-refractivity contribution < 1.29 is 4.74 Å². The average Bonchev–Trinajstić information content (AvgIpc) is 2.67. The van der Waals surface area contributed by atoms with Crippen molar-refractivity contribution in [1.82, 2.24) is 9.80 Å². The van der Waals surface area contributed by atoms with Gasteiger partial charge in [0.15, 0.2) is 0 Å². The number of hydrogen-bond donors (Lipinski definition) is 1. The van der Waals surface area contributed by atoms with Crippen LogP contribution < -0.4 is 5.73 Å². The molecule has 0 bridgehead atoms. The van der Waals surface area contributed by atoms with E-state index in [0.717, 1.165) is 38.9 Å². The van der Waals surface area contributed by atoms with E-state index >= 15 is 0 Å². The molecule has 0 aromatic heterocycles. The lowest BCUT2D eigenvalue weighted by atomic mass is 9.93. The van der Waals surface area contributed by atoms with E-state index < -0.39 is 0 Å². The molecule has 1 aliphatic carbocycles. The molecule has 0 unspecified atom stereocenters. The van der Waals surface area contributed by atoms with E-state index in [1.165, 1.54) is 96.7 Å². The summed E-state index contributed by atoms with van der Waals surface area (Å²) < 4.78 is 5.46. The van der Waals surface area contributed by atoms with Crippen LogP contribution >= 0.6 is 0 Å². The minimum atomic E-state index is 0.860. The van der Waals surface area contributed by atoms with Gasteiger partial charge in [-0.3, -0.25) is 4.90 Å². The van der Waals surface area contributed by atoms with Crippen molar-refractivity contribution in [3.05, 3.63) is 0 Å². The van der Waals surface area contributed by atoms with Gasteiger partial charge in [-0.2, -0.15) is 0 Å². The predicted molar refractivity (Wildman–Crippen MR) is 107 cm³/mol. The summed E-state index contributed by atoms with van der Waals surface area (Å²) in [5, 5.41) is 0. The zero-order valence-corrected chi connectivity index (χ0v) is 16.6. The van der Waals surface area contributed by atoms with E-state index in [4.69, 9.17) is 10.5 Å². The van der Waals surface area contributed by atoms with Crippen LogP contribution in [0, 0.1) is 0 Å². The Kier molecular flexibility index (Phi) is 11.8. The van der Waals surface area contributed by atoms with Gasteiger partial charge in [-0.15, -0.1) is 0 Å². The Balaban J connectivity index is 1.62. The van der Waals surface area contributed by atoms with Crippen molar-refractivity contribution in [3.63, 3.8) is 0 Å². The maximum absolute atomic E-state index is 5.58. The monoisotopic (exact) mass is 353 g/mol. The minimum absolute atomic E-state index is 0.860. The molecule has 0 aromatic carbocycles. The van der Waals surface area contributed by atoms with Gasteiger partial charge < -0.3 is 15.4 Å². The highest BCUT2D eigenvalue weighted by molar-refractivity contribution is 4.76. The van der Waals surface area contributed by atoms with Gasteiger partial charge in [0.25, 0.3) is 0 Å². The molecule has 0 amide bonds. The fourth-order valence-electron chi connectivity index (χ4n) is 4.41. The highest BCUT2D eigenvalue weighted by Crippen LogP contribution is 2.23. The summed E-state index contributed by atoms with van der Waals surface area (Å²) >= 11 is 0. The molecule has 25 heavy (non-hydrogen) atoms. The van der Waals surface area contributed by atoms with Crippen LogP contribution in [0.2, 0.25) is 0 Å². The fraction of sp³-hybridized carbons (Fsp3) is 1.00. The van der Waals surface area contributed by atoms with Gasteiger partial charge in [-0.1, -0.05) is 44.9 Å². The average molecular weight is 354 g/mol. The number of rotatable bonds is 13. The Bertz CT molecular complexity index is 302. The van der Waals surface area contributed by atoms with Crippen molar-refractivity contribution in [2.45, 2.75) is 83.1 Å². The largest absolute Gasteiger partial charge is 0.379 e. The summed E-state index contributed by atoms with van der Waals surface area (Å²) in [6.07, 6.45) is 16.6. The molecule has 148 valence electrons. The first-order valence-corrected chi connectivity index (χ1v) is 11.1. The number of ether oxygens (including phenoxy) is 1. The van der Waals surface area contributed by atoms with E-state index in [9.17, 15) is 0 Å². The van der Waals surface area contributed by atoms with Crippen molar-refractivity contribution in [2.75, 3.05) is 52.5 Å². The van der Waals surface area contributed by atoms with Crippen LogP contribution in [0.4, 0.5) is 0 Å². The number of morpholine rings is 1.